The molecule has 1 aliphatic heterocycles. The van der Waals surface area contributed by atoms with Crippen LogP contribution < -0.4 is 19.1 Å². The minimum absolute atomic E-state index is 0.0305. The van der Waals surface area contributed by atoms with Crippen molar-refractivity contribution in [1.82, 2.24) is 9.55 Å². The average molecular weight is 548 g/mol. The summed E-state index contributed by atoms with van der Waals surface area (Å²) < 4.78 is 19.3. The Balaban J connectivity index is 1.31. The topological polar surface area (TPSA) is 65.8 Å². The number of ether oxygens (including phenoxy) is 3. The molecule has 0 aliphatic carbocycles. The summed E-state index contributed by atoms with van der Waals surface area (Å²) in [4.78, 5) is 20.0. The fraction of sp³-hybridized carbons (Fsp3) is 0.355. The van der Waals surface area contributed by atoms with Crippen molar-refractivity contribution >= 4 is 34.2 Å². The number of anilines is 1. The van der Waals surface area contributed by atoms with E-state index in [0.717, 1.165) is 63.8 Å². The molecule has 1 atom stereocenters. The molecule has 204 valence electrons. The Morgan fingerprint density at radius 1 is 0.974 bits per heavy atom. The molecule has 7 nitrogen and oxygen atoms in total. The van der Waals surface area contributed by atoms with Gasteiger partial charge in [-0.3, -0.25) is 4.79 Å². The summed E-state index contributed by atoms with van der Waals surface area (Å²) in [6, 6.07) is 17.6. The molecule has 0 saturated carbocycles. The number of benzene rings is 3. The fourth-order valence-electron chi connectivity index (χ4n) is 5.31. The standard InChI is InChI=1S/C31H34ClN3O4/c1-20-15-24(16-21(2)30(20)32)39-14-8-7-13-34-26-10-6-5-9-25(26)33-31(34)22-17-29(36)35(19-22)27-18-23(37-3)11-12-28(27)38-4/h5-6,9-12,15-16,18,22H,7-8,13-14,17,19H2,1-4H3. The second kappa shape index (κ2) is 11.6. The summed E-state index contributed by atoms with van der Waals surface area (Å²) in [6.07, 6.45) is 2.21. The van der Waals surface area contributed by atoms with Crippen LogP contribution in [0, 0.1) is 13.8 Å². The molecule has 1 aliphatic rings. The minimum Gasteiger partial charge on any atom is -0.497 e. The monoisotopic (exact) mass is 547 g/mol. The van der Waals surface area contributed by atoms with Crippen LogP contribution in [0.25, 0.3) is 11.0 Å². The minimum atomic E-state index is -0.0305. The summed E-state index contributed by atoms with van der Waals surface area (Å²) in [5.41, 5.74) is 4.79. The number of para-hydroxylation sites is 2. The molecule has 8 heteroatoms. The molecule has 0 radical (unpaired) electrons. The number of hydrogen-bond donors (Lipinski definition) is 0. The third-order valence-corrected chi connectivity index (χ3v) is 7.90. The van der Waals surface area contributed by atoms with Gasteiger partial charge in [0.05, 0.1) is 37.5 Å². The molecular formula is C31H34ClN3O4. The molecule has 4 aromatic rings. The van der Waals surface area contributed by atoms with Crippen molar-refractivity contribution in [1.29, 1.82) is 0 Å². The summed E-state index contributed by atoms with van der Waals surface area (Å²) in [6.45, 7) is 5.93. The first-order valence-corrected chi connectivity index (χ1v) is 13.6. The van der Waals surface area contributed by atoms with Gasteiger partial charge in [-0.1, -0.05) is 23.7 Å². The number of fused-ring (bicyclic) bond motifs is 1. The lowest BCUT2D eigenvalue weighted by molar-refractivity contribution is -0.117. The first-order valence-electron chi connectivity index (χ1n) is 13.3. The number of rotatable bonds is 10. The van der Waals surface area contributed by atoms with Crippen LogP contribution in [0.1, 0.15) is 42.1 Å². The molecule has 0 bridgehead atoms. The zero-order valence-corrected chi connectivity index (χ0v) is 23.6. The lowest BCUT2D eigenvalue weighted by Crippen LogP contribution is -2.25. The van der Waals surface area contributed by atoms with Crippen LogP contribution in [-0.2, 0) is 11.3 Å². The Bertz CT molecular complexity index is 1480. The van der Waals surface area contributed by atoms with E-state index in [-0.39, 0.29) is 11.8 Å². The highest BCUT2D eigenvalue weighted by molar-refractivity contribution is 6.32. The van der Waals surface area contributed by atoms with Crippen LogP contribution in [-0.4, -0.2) is 42.8 Å². The number of carbonyl (C=O) groups is 1. The fourth-order valence-corrected chi connectivity index (χ4v) is 5.42. The number of imidazole rings is 1. The Hall–Kier alpha value is -3.71. The van der Waals surface area contributed by atoms with Crippen LogP contribution >= 0.6 is 11.6 Å². The van der Waals surface area contributed by atoms with Gasteiger partial charge in [-0.05, 0) is 74.2 Å². The molecule has 1 saturated heterocycles. The van der Waals surface area contributed by atoms with Crippen molar-refractivity contribution in [2.75, 3.05) is 32.3 Å². The van der Waals surface area contributed by atoms with E-state index in [2.05, 4.69) is 10.6 Å². The van der Waals surface area contributed by atoms with Gasteiger partial charge in [0.1, 0.15) is 23.1 Å². The van der Waals surface area contributed by atoms with Gasteiger partial charge in [-0.2, -0.15) is 0 Å². The Morgan fingerprint density at radius 3 is 2.49 bits per heavy atom. The molecule has 3 aromatic carbocycles. The van der Waals surface area contributed by atoms with Crippen molar-refractivity contribution in [3.05, 3.63) is 76.6 Å². The molecule has 2 heterocycles. The zero-order chi connectivity index (χ0) is 27.5. The van der Waals surface area contributed by atoms with Crippen molar-refractivity contribution in [3.8, 4) is 17.2 Å². The summed E-state index contributed by atoms with van der Waals surface area (Å²) in [5.74, 6) is 3.13. The van der Waals surface area contributed by atoms with Crippen molar-refractivity contribution in [2.24, 2.45) is 0 Å². The molecule has 0 N–H and O–H groups in total. The number of halogens is 1. The van der Waals surface area contributed by atoms with E-state index in [9.17, 15) is 4.79 Å². The van der Waals surface area contributed by atoms with E-state index in [1.54, 1.807) is 19.1 Å². The van der Waals surface area contributed by atoms with Crippen molar-refractivity contribution < 1.29 is 19.0 Å². The Morgan fingerprint density at radius 2 is 1.74 bits per heavy atom. The number of methoxy groups -OCH3 is 2. The third-order valence-electron chi connectivity index (χ3n) is 7.31. The zero-order valence-electron chi connectivity index (χ0n) is 22.9. The van der Waals surface area contributed by atoms with Crippen LogP contribution in [0.3, 0.4) is 0 Å². The van der Waals surface area contributed by atoms with Crippen LogP contribution in [0.5, 0.6) is 17.2 Å². The maximum absolute atomic E-state index is 13.2. The Labute approximate surface area is 234 Å². The Kier molecular flexibility index (Phi) is 7.98. The van der Waals surface area contributed by atoms with Crippen LogP contribution in [0.4, 0.5) is 5.69 Å². The molecule has 1 amide bonds. The first-order chi connectivity index (χ1) is 18.9. The molecule has 1 aromatic heterocycles. The highest BCUT2D eigenvalue weighted by Crippen LogP contribution is 2.39. The average Bonchev–Trinajstić information content (AvgIpc) is 3.51. The molecule has 0 spiro atoms. The van der Waals surface area contributed by atoms with Gasteiger partial charge >= 0.3 is 0 Å². The van der Waals surface area contributed by atoms with E-state index in [1.807, 2.05) is 62.4 Å². The van der Waals surface area contributed by atoms with E-state index in [1.165, 1.54) is 0 Å². The SMILES string of the molecule is COc1ccc(OC)c(N2CC(c3nc4ccccc4n3CCCCOc3cc(C)c(Cl)c(C)c3)CC2=O)c1. The van der Waals surface area contributed by atoms with E-state index < -0.39 is 0 Å². The summed E-state index contributed by atoms with van der Waals surface area (Å²) >= 11 is 6.29. The van der Waals surface area contributed by atoms with Gasteiger partial charge in [-0.15, -0.1) is 0 Å². The number of nitrogens with zero attached hydrogens (tertiary/aromatic N) is 3. The molecule has 1 fully saturated rings. The first kappa shape index (κ1) is 26.9. The maximum Gasteiger partial charge on any atom is 0.227 e. The normalized spacial score (nSPS) is 15.3. The molecule has 5 rings (SSSR count). The number of carbonyl (C=O) groups excluding carboxylic acids is 1. The van der Waals surface area contributed by atoms with E-state index in [0.29, 0.717) is 31.1 Å². The second-order valence-corrected chi connectivity index (χ2v) is 10.4. The van der Waals surface area contributed by atoms with Crippen LogP contribution in [0.15, 0.2) is 54.6 Å². The lowest BCUT2D eigenvalue weighted by atomic mass is 10.1. The predicted molar refractivity (Wildman–Crippen MR) is 155 cm³/mol. The van der Waals surface area contributed by atoms with Gasteiger partial charge in [0.15, 0.2) is 0 Å². The van der Waals surface area contributed by atoms with Gasteiger partial charge < -0.3 is 23.7 Å². The van der Waals surface area contributed by atoms with Crippen LogP contribution in [0.2, 0.25) is 5.02 Å². The van der Waals surface area contributed by atoms with Crippen molar-refractivity contribution in [3.63, 3.8) is 0 Å². The van der Waals surface area contributed by atoms with E-state index in [4.69, 9.17) is 30.8 Å². The quantitative estimate of drug-likeness (QED) is 0.207. The van der Waals surface area contributed by atoms with Gasteiger partial charge in [0, 0.05) is 36.5 Å². The molecule has 1 unspecified atom stereocenters. The number of amides is 1. The summed E-state index contributed by atoms with van der Waals surface area (Å²) in [7, 11) is 3.23. The molecular weight excluding hydrogens is 514 g/mol. The largest absolute Gasteiger partial charge is 0.497 e. The smallest absolute Gasteiger partial charge is 0.227 e. The maximum atomic E-state index is 13.2. The highest BCUT2D eigenvalue weighted by atomic mass is 35.5. The van der Waals surface area contributed by atoms with Crippen molar-refractivity contribution in [2.45, 2.75) is 45.6 Å². The number of hydrogen-bond acceptors (Lipinski definition) is 5. The molecule has 39 heavy (non-hydrogen) atoms. The predicted octanol–water partition coefficient (Wildman–Crippen LogP) is 6.70. The lowest BCUT2D eigenvalue weighted by Gasteiger charge is -2.20. The van der Waals surface area contributed by atoms with Gasteiger partial charge in [0.25, 0.3) is 0 Å². The van der Waals surface area contributed by atoms with Gasteiger partial charge in [0.2, 0.25) is 5.91 Å². The highest BCUT2D eigenvalue weighted by Gasteiger charge is 2.36. The van der Waals surface area contributed by atoms with Gasteiger partial charge in [-0.25, -0.2) is 4.98 Å². The summed E-state index contributed by atoms with van der Waals surface area (Å²) in [5, 5.41) is 0.788. The third kappa shape index (κ3) is 5.55. The number of aromatic nitrogens is 2. The second-order valence-electron chi connectivity index (χ2n) is 9.98. The van der Waals surface area contributed by atoms with E-state index >= 15 is 0 Å². The number of aryl methyl sites for hydroxylation is 3. The number of unbranched alkanes of at least 4 members (excludes halogenated alkanes) is 1.